The van der Waals surface area contributed by atoms with Crippen LogP contribution in [0.5, 0.6) is 0 Å². The number of hydrogen-bond donors (Lipinski definition) is 1. The summed E-state index contributed by atoms with van der Waals surface area (Å²) in [7, 11) is -4.16. The summed E-state index contributed by atoms with van der Waals surface area (Å²) in [6.07, 6.45) is 0.138. The van der Waals surface area contributed by atoms with Crippen molar-refractivity contribution in [3.63, 3.8) is 0 Å². The van der Waals surface area contributed by atoms with Gasteiger partial charge in [-0.1, -0.05) is 6.07 Å². The van der Waals surface area contributed by atoms with E-state index in [2.05, 4.69) is 4.72 Å². The number of nitrogens with one attached hydrogen (secondary N) is 1. The number of benzene rings is 1. The third-order valence-electron chi connectivity index (χ3n) is 3.30. The maximum atomic E-state index is 14.1. The number of nitriles is 1. The van der Waals surface area contributed by atoms with Crippen LogP contribution in [0.4, 0.5) is 4.39 Å². The Morgan fingerprint density at radius 1 is 1.39 bits per heavy atom. The fourth-order valence-corrected chi connectivity index (χ4v) is 3.86. The molecule has 0 aliphatic rings. The van der Waals surface area contributed by atoms with Crippen LogP contribution in [0.25, 0.3) is 0 Å². The fourth-order valence-electron chi connectivity index (χ4n) is 2.22. The maximum absolute atomic E-state index is 14.1. The average molecular weight is 342 g/mol. The number of hydrogen-bond acceptors (Lipinski definition) is 4. The van der Waals surface area contributed by atoms with Crippen LogP contribution >= 0.6 is 0 Å². The van der Waals surface area contributed by atoms with Gasteiger partial charge >= 0.3 is 0 Å². The van der Waals surface area contributed by atoms with Crippen molar-refractivity contribution in [2.24, 2.45) is 0 Å². The summed E-state index contributed by atoms with van der Waals surface area (Å²) in [5.74, 6) is -0.825. The monoisotopic (exact) mass is 342 g/mol. The first kappa shape index (κ1) is 19.6. The molecule has 1 unspecified atom stereocenters. The highest BCUT2D eigenvalue weighted by Gasteiger charge is 2.33. The lowest BCUT2D eigenvalue weighted by atomic mass is 10.0. The minimum absolute atomic E-state index is 0.0219. The molecule has 1 atom stereocenters. The van der Waals surface area contributed by atoms with Crippen molar-refractivity contribution >= 4 is 10.0 Å². The number of nitrogens with zero attached hydrogens (tertiary/aromatic N) is 1. The minimum Gasteiger partial charge on any atom is -0.379 e. The summed E-state index contributed by atoms with van der Waals surface area (Å²) < 4.78 is 46.8. The highest BCUT2D eigenvalue weighted by atomic mass is 32.2. The zero-order chi connectivity index (χ0) is 17.8. The Kier molecular flexibility index (Phi) is 6.28. The molecule has 0 aliphatic carbocycles. The molecule has 128 valence electrons. The van der Waals surface area contributed by atoms with Gasteiger partial charge in [-0.15, -0.1) is 0 Å². The van der Waals surface area contributed by atoms with Crippen LogP contribution in [0.1, 0.15) is 38.3 Å². The van der Waals surface area contributed by atoms with Gasteiger partial charge in [0.2, 0.25) is 10.0 Å². The molecule has 0 aromatic heterocycles. The second-order valence-electron chi connectivity index (χ2n) is 6.11. The molecule has 0 fully saturated rings. The summed E-state index contributed by atoms with van der Waals surface area (Å²) in [5, 5.41) is 9.32. The molecule has 0 saturated heterocycles. The van der Waals surface area contributed by atoms with E-state index in [1.165, 1.54) is 13.8 Å². The Hall–Kier alpha value is -1.49. The second kappa shape index (κ2) is 7.39. The summed E-state index contributed by atoms with van der Waals surface area (Å²) >= 11 is 0. The van der Waals surface area contributed by atoms with E-state index in [1.54, 1.807) is 13.0 Å². The standard InChI is InChI=1S/C16H23FN2O3S/c1-11(2)22-7-6-16(5,10-18)19-23(20,21)15-13(4)8-12(3)9-14(15)17/h8-9,11,19H,6-7H2,1-5H3. The molecule has 0 bridgehead atoms. The van der Waals surface area contributed by atoms with Crippen LogP contribution < -0.4 is 4.72 Å². The highest BCUT2D eigenvalue weighted by Crippen LogP contribution is 2.23. The van der Waals surface area contributed by atoms with Crippen LogP contribution in [0.2, 0.25) is 0 Å². The summed E-state index contributed by atoms with van der Waals surface area (Å²) in [4.78, 5) is -0.422. The zero-order valence-corrected chi connectivity index (χ0v) is 14.9. The van der Waals surface area contributed by atoms with Gasteiger partial charge in [0.25, 0.3) is 0 Å². The molecule has 1 rings (SSSR count). The van der Waals surface area contributed by atoms with Crippen molar-refractivity contribution in [2.75, 3.05) is 6.61 Å². The van der Waals surface area contributed by atoms with E-state index in [4.69, 9.17) is 4.74 Å². The maximum Gasteiger partial charge on any atom is 0.245 e. The third-order valence-corrected chi connectivity index (χ3v) is 5.08. The van der Waals surface area contributed by atoms with Crippen LogP contribution in [0, 0.1) is 31.0 Å². The zero-order valence-electron chi connectivity index (χ0n) is 14.1. The molecule has 0 heterocycles. The third kappa shape index (κ3) is 5.27. The van der Waals surface area contributed by atoms with E-state index in [-0.39, 0.29) is 19.1 Å². The quantitative estimate of drug-likeness (QED) is 0.826. The molecule has 0 amide bonds. The van der Waals surface area contributed by atoms with E-state index in [9.17, 15) is 18.1 Å². The number of halogens is 1. The number of ether oxygens (including phenoxy) is 1. The first-order chi connectivity index (χ1) is 10.5. The van der Waals surface area contributed by atoms with Gasteiger partial charge in [-0.25, -0.2) is 12.8 Å². The van der Waals surface area contributed by atoms with Gasteiger partial charge in [-0.05, 0) is 51.8 Å². The first-order valence-electron chi connectivity index (χ1n) is 7.34. The van der Waals surface area contributed by atoms with Gasteiger partial charge < -0.3 is 4.74 Å². The second-order valence-corrected chi connectivity index (χ2v) is 7.73. The van der Waals surface area contributed by atoms with E-state index >= 15 is 0 Å². The molecular formula is C16H23FN2O3S. The van der Waals surface area contributed by atoms with Gasteiger partial charge in [-0.3, -0.25) is 0 Å². The summed E-state index contributed by atoms with van der Waals surface area (Å²) in [5.41, 5.74) is -0.446. The van der Waals surface area contributed by atoms with Crippen LogP contribution in [0.15, 0.2) is 17.0 Å². The number of sulfonamides is 1. The van der Waals surface area contributed by atoms with Crippen LogP contribution in [0.3, 0.4) is 0 Å². The van der Waals surface area contributed by atoms with Crippen molar-refractivity contribution in [3.05, 3.63) is 29.1 Å². The number of rotatable bonds is 7. The average Bonchev–Trinajstić information content (AvgIpc) is 2.35. The van der Waals surface area contributed by atoms with Gasteiger partial charge in [0.1, 0.15) is 16.3 Å². The Balaban J connectivity index is 3.07. The van der Waals surface area contributed by atoms with Crippen molar-refractivity contribution in [1.29, 1.82) is 5.26 Å². The fraction of sp³-hybridized carbons (Fsp3) is 0.562. The Morgan fingerprint density at radius 3 is 2.48 bits per heavy atom. The first-order valence-corrected chi connectivity index (χ1v) is 8.82. The normalized spacial score (nSPS) is 14.5. The molecule has 0 aliphatic heterocycles. The molecule has 7 heteroatoms. The van der Waals surface area contributed by atoms with Gasteiger partial charge in [0.05, 0.1) is 12.2 Å². The molecular weight excluding hydrogens is 319 g/mol. The molecule has 23 heavy (non-hydrogen) atoms. The smallest absolute Gasteiger partial charge is 0.245 e. The lowest BCUT2D eigenvalue weighted by Crippen LogP contribution is -2.46. The predicted molar refractivity (Wildman–Crippen MR) is 85.9 cm³/mol. The highest BCUT2D eigenvalue weighted by molar-refractivity contribution is 7.89. The van der Waals surface area contributed by atoms with E-state index in [0.29, 0.717) is 11.1 Å². The largest absolute Gasteiger partial charge is 0.379 e. The van der Waals surface area contributed by atoms with E-state index < -0.39 is 26.3 Å². The van der Waals surface area contributed by atoms with Gasteiger partial charge in [-0.2, -0.15) is 9.98 Å². The van der Waals surface area contributed by atoms with E-state index in [1.807, 2.05) is 19.9 Å². The summed E-state index contributed by atoms with van der Waals surface area (Å²) in [6.45, 7) is 8.58. The van der Waals surface area contributed by atoms with Crippen LogP contribution in [-0.2, 0) is 14.8 Å². The molecule has 5 nitrogen and oxygen atoms in total. The van der Waals surface area contributed by atoms with Crippen molar-refractivity contribution < 1.29 is 17.5 Å². The molecule has 0 saturated carbocycles. The van der Waals surface area contributed by atoms with Crippen molar-refractivity contribution in [3.8, 4) is 6.07 Å². The molecule has 1 aromatic rings. The predicted octanol–water partition coefficient (Wildman–Crippen LogP) is 2.82. The molecule has 1 N–H and O–H groups in total. The van der Waals surface area contributed by atoms with E-state index in [0.717, 1.165) is 6.07 Å². The van der Waals surface area contributed by atoms with Crippen LogP contribution in [-0.4, -0.2) is 26.7 Å². The molecule has 0 spiro atoms. The Labute approximate surface area is 137 Å². The van der Waals surface area contributed by atoms with Crippen molar-refractivity contribution in [2.45, 2.75) is 57.6 Å². The molecule has 0 radical (unpaired) electrons. The lowest BCUT2D eigenvalue weighted by molar-refractivity contribution is 0.0694. The van der Waals surface area contributed by atoms with Crippen molar-refractivity contribution in [1.82, 2.24) is 4.72 Å². The number of aryl methyl sites for hydroxylation is 2. The Morgan fingerprint density at radius 2 is 2.00 bits per heavy atom. The molecule has 1 aromatic carbocycles. The van der Waals surface area contributed by atoms with Gasteiger partial charge in [0, 0.05) is 13.0 Å². The minimum atomic E-state index is -4.16. The van der Waals surface area contributed by atoms with Gasteiger partial charge in [0.15, 0.2) is 0 Å². The summed E-state index contributed by atoms with van der Waals surface area (Å²) in [6, 6.07) is 4.68. The Bertz CT molecular complexity index is 688. The lowest BCUT2D eigenvalue weighted by Gasteiger charge is -2.24. The topological polar surface area (TPSA) is 79.2 Å². The SMILES string of the molecule is Cc1cc(C)c(S(=O)(=O)NC(C)(C#N)CCOC(C)C)c(F)c1.